The Balaban J connectivity index is 1.50. The molecule has 1 amide bonds. The van der Waals surface area contributed by atoms with Crippen molar-refractivity contribution >= 4 is 11.9 Å². The number of anilines is 1. The number of nitrogen functional groups attached to an aromatic ring is 1. The third kappa shape index (κ3) is 2.38. The van der Waals surface area contributed by atoms with Crippen LogP contribution in [0.4, 0.5) is 5.95 Å². The van der Waals surface area contributed by atoms with Gasteiger partial charge in [-0.05, 0) is 26.0 Å². The van der Waals surface area contributed by atoms with Crippen LogP contribution in [-0.4, -0.2) is 72.6 Å². The van der Waals surface area contributed by atoms with E-state index in [1.54, 1.807) is 13.3 Å². The fourth-order valence-electron chi connectivity index (χ4n) is 4.57. The number of amides is 1. The third-order valence-corrected chi connectivity index (χ3v) is 5.90. The monoisotopic (exact) mass is 331 g/mol. The van der Waals surface area contributed by atoms with Crippen LogP contribution in [0, 0.1) is 10.8 Å². The lowest BCUT2D eigenvalue weighted by atomic mass is 9.69. The van der Waals surface area contributed by atoms with Crippen LogP contribution in [0.15, 0.2) is 12.3 Å². The number of carbonyl (C=O) groups excluding carboxylic acids is 1. The molecule has 24 heavy (non-hydrogen) atoms. The maximum Gasteiger partial charge on any atom is 0.231 e. The second-order valence-electron chi connectivity index (χ2n) is 7.83. The van der Waals surface area contributed by atoms with E-state index in [0.717, 1.165) is 44.7 Å². The molecule has 2 saturated heterocycles. The number of likely N-dealkylation sites (tertiary alicyclic amines) is 2. The van der Waals surface area contributed by atoms with Crippen molar-refractivity contribution in [2.45, 2.75) is 18.8 Å². The Kier molecular flexibility index (Phi) is 3.54. The summed E-state index contributed by atoms with van der Waals surface area (Å²) in [6.07, 6.45) is 3.63. The Morgan fingerprint density at radius 3 is 2.79 bits per heavy atom. The molecule has 3 heterocycles. The predicted molar refractivity (Wildman–Crippen MR) is 89.2 cm³/mol. The zero-order valence-corrected chi connectivity index (χ0v) is 14.4. The number of rotatable bonds is 4. The summed E-state index contributed by atoms with van der Waals surface area (Å²) in [6, 6.07) is 1.96. The zero-order chi connectivity index (χ0) is 16.9. The molecule has 0 bridgehead atoms. The highest BCUT2D eigenvalue weighted by Crippen LogP contribution is 2.53. The van der Waals surface area contributed by atoms with Crippen molar-refractivity contribution in [3.05, 3.63) is 18.0 Å². The molecule has 1 aromatic rings. The smallest absolute Gasteiger partial charge is 0.231 e. The van der Waals surface area contributed by atoms with Crippen LogP contribution in [0.3, 0.4) is 0 Å². The molecule has 3 fully saturated rings. The second kappa shape index (κ2) is 5.39. The van der Waals surface area contributed by atoms with Gasteiger partial charge in [0.2, 0.25) is 11.9 Å². The predicted octanol–water partition coefficient (Wildman–Crippen LogP) is 0.343. The number of carbonyl (C=O) groups is 1. The number of ether oxygens (including phenoxy) is 1. The topological polar surface area (TPSA) is 84.6 Å². The first-order chi connectivity index (χ1) is 11.5. The van der Waals surface area contributed by atoms with E-state index in [-0.39, 0.29) is 16.7 Å². The standard InChI is InChI=1S/C17H25N5O2/c1-21-7-12(13-3-6-19-15(18)20-13)17(8-21)9-22(10-17)14(23)16(4-5-16)11-24-2/h3,6,12H,4-5,7-11H2,1-2H3,(H2,18,19,20). The Morgan fingerprint density at radius 2 is 2.17 bits per heavy atom. The van der Waals surface area contributed by atoms with Crippen LogP contribution in [0.25, 0.3) is 0 Å². The molecule has 7 nitrogen and oxygen atoms in total. The summed E-state index contributed by atoms with van der Waals surface area (Å²) in [5.41, 5.74) is 6.62. The van der Waals surface area contributed by atoms with Gasteiger partial charge in [0.05, 0.1) is 17.7 Å². The van der Waals surface area contributed by atoms with Gasteiger partial charge in [0.25, 0.3) is 0 Å². The molecule has 0 aromatic carbocycles. The van der Waals surface area contributed by atoms with Gasteiger partial charge >= 0.3 is 0 Å². The number of hydrogen-bond acceptors (Lipinski definition) is 6. The van der Waals surface area contributed by atoms with Crippen molar-refractivity contribution in [2.24, 2.45) is 10.8 Å². The van der Waals surface area contributed by atoms with Crippen molar-refractivity contribution in [3.8, 4) is 0 Å². The summed E-state index contributed by atoms with van der Waals surface area (Å²) < 4.78 is 5.26. The largest absolute Gasteiger partial charge is 0.384 e. The molecule has 0 radical (unpaired) electrons. The van der Waals surface area contributed by atoms with Gasteiger partial charge in [-0.25, -0.2) is 9.97 Å². The molecule has 2 aliphatic heterocycles. The van der Waals surface area contributed by atoms with Gasteiger partial charge in [0, 0.05) is 50.8 Å². The van der Waals surface area contributed by atoms with Crippen LogP contribution in [0.1, 0.15) is 24.5 Å². The van der Waals surface area contributed by atoms with Crippen molar-refractivity contribution in [1.82, 2.24) is 19.8 Å². The van der Waals surface area contributed by atoms with Gasteiger partial charge in [-0.15, -0.1) is 0 Å². The average molecular weight is 331 g/mol. The van der Waals surface area contributed by atoms with E-state index >= 15 is 0 Å². The fourth-order valence-corrected chi connectivity index (χ4v) is 4.57. The number of nitrogens with two attached hydrogens (primary N) is 1. The van der Waals surface area contributed by atoms with E-state index in [0.29, 0.717) is 18.5 Å². The molecule has 4 rings (SSSR count). The molecule has 1 spiro atoms. The van der Waals surface area contributed by atoms with E-state index in [9.17, 15) is 4.79 Å². The first-order valence-electron chi connectivity index (χ1n) is 8.53. The zero-order valence-electron chi connectivity index (χ0n) is 14.4. The van der Waals surface area contributed by atoms with E-state index in [1.165, 1.54) is 0 Å². The molecule has 3 aliphatic rings. The molecule has 1 atom stereocenters. The van der Waals surface area contributed by atoms with E-state index < -0.39 is 0 Å². The maximum atomic E-state index is 12.8. The summed E-state index contributed by atoms with van der Waals surface area (Å²) in [4.78, 5) is 25.6. The van der Waals surface area contributed by atoms with Crippen molar-refractivity contribution in [2.75, 3.05) is 52.7 Å². The number of likely N-dealkylation sites (N-methyl/N-ethyl adjacent to an activating group) is 1. The van der Waals surface area contributed by atoms with Crippen molar-refractivity contribution < 1.29 is 9.53 Å². The molecule has 7 heteroatoms. The van der Waals surface area contributed by atoms with Crippen LogP contribution < -0.4 is 5.73 Å². The lowest BCUT2D eigenvalue weighted by molar-refractivity contribution is -0.151. The van der Waals surface area contributed by atoms with Gasteiger partial charge in [-0.1, -0.05) is 0 Å². The lowest BCUT2D eigenvalue weighted by Crippen LogP contribution is -2.63. The number of methoxy groups -OCH3 is 1. The van der Waals surface area contributed by atoms with E-state index in [2.05, 4.69) is 21.9 Å². The van der Waals surface area contributed by atoms with E-state index in [1.807, 2.05) is 11.0 Å². The quantitative estimate of drug-likeness (QED) is 0.857. The summed E-state index contributed by atoms with van der Waals surface area (Å²) in [5, 5.41) is 0. The highest BCUT2D eigenvalue weighted by molar-refractivity contribution is 5.86. The van der Waals surface area contributed by atoms with Crippen LogP contribution in [-0.2, 0) is 9.53 Å². The first kappa shape index (κ1) is 15.8. The minimum absolute atomic E-state index is 0.0916. The van der Waals surface area contributed by atoms with Gasteiger partial charge < -0.3 is 20.3 Å². The maximum absolute atomic E-state index is 12.8. The Labute approximate surface area is 142 Å². The second-order valence-corrected chi connectivity index (χ2v) is 7.83. The molecule has 130 valence electrons. The molecule has 1 aliphatic carbocycles. The Hall–Kier alpha value is -1.73. The average Bonchev–Trinajstić information content (AvgIpc) is 3.20. The fraction of sp³-hybridized carbons (Fsp3) is 0.706. The molecule has 1 saturated carbocycles. The molecule has 1 aromatic heterocycles. The minimum atomic E-state index is -0.240. The number of nitrogens with zero attached hydrogens (tertiary/aromatic N) is 4. The van der Waals surface area contributed by atoms with Gasteiger partial charge in [-0.3, -0.25) is 4.79 Å². The van der Waals surface area contributed by atoms with Gasteiger partial charge in [-0.2, -0.15) is 0 Å². The summed E-state index contributed by atoms with van der Waals surface area (Å²) in [5.74, 6) is 0.890. The normalized spacial score (nSPS) is 27.2. The molecular weight excluding hydrogens is 306 g/mol. The van der Waals surface area contributed by atoms with Gasteiger partial charge in [0.15, 0.2) is 0 Å². The van der Waals surface area contributed by atoms with E-state index in [4.69, 9.17) is 10.5 Å². The highest BCUT2D eigenvalue weighted by Gasteiger charge is 2.60. The van der Waals surface area contributed by atoms with Crippen molar-refractivity contribution in [1.29, 1.82) is 0 Å². The lowest BCUT2D eigenvalue weighted by Gasteiger charge is -2.52. The number of hydrogen-bond donors (Lipinski definition) is 1. The molecule has 1 unspecified atom stereocenters. The minimum Gasteiger partial charge on any atom is -0.384 e. The highest BCUT2D eigenvalue weighted by atomic mass is 16.5. The van der Waals surface area contributed by atoms with Crippen LogP contribution >= 0.6 is 0 Å². The Bertz CT molecular complexity index is 654. The SMILES string of the molecule is COCC1(C(=O)N2CC3(CN(C)CC3c3ccnc(N)n3)C2)CC1. The Morgan fingerprint density at radius 1 is 1.42 bits per heavy atom. The van der Waals surface area contributed by atoms with Gasteiger partial charge in [0.1, 0.15) is 0 Å². The van der Waals surface area contributed by atoms with Crippen LogP contribution in [0.2, 0.25) is 0 Å². The molecule has 2 N–H and O–H groups in total. The first-order valence-corrected chi connectivity index (χ1v) is 8.53. The molecular formula is C17H25N5O2. The summed E-state index contributed by atoms with van der Waals surface area (Å²) >= 11 is 0. The third-order valence-electron chi connectivity index (χ3n) is 5.90. The van der Waals surface area contributed by atoms with Crippen molar-refractivity contribution in [3.63, 3.8) is 0 Å². The summed E-state index contributed by atoms with van der Waals surface area (Å²) in [7, 11) is 3.80. The summed E-state index contributed by atoms with van der Waals surface area (Å²) in [6.45, 7) is 4.08. The van der Waals surface area contributed by atoms with Crippen LogP contribution in [0.5, 0.6) is 0 Å². The number of aromatic nitrogens is 2.